The molecule has 0 aromatic rings. The van der Waals surface area contributed by atoms with Crippen molar-refractivity contribution in [2.24, 2.45) is 11.3 Å². The summed E-state index contributed by atoms with van der Waals surface area (Å²) in [5, 5.41) is 10.5. The maximum Gasteiger partial charge on any atom is 0.267 e. The summed E-state index contributed by atoms with van der Waals surface area (Å²) in [6.45, 7) is 6.45. The van der Waals surface area contributed by atoms with Crippen LogP contribution in [-0.2, 0) is 9.53 Å². The van der Waals surface area contributed by atoms with Gasteiger partial charge in [0, 0.05) is 0 Å². The summed E-state index contributed by atoms with van der Waals surface area (Å²) in [6, 6.07) is 0. The van der Waals surface area contributed by atoms with E-state index >= 15 is 0 Å². The number of rotatable bonds is 4. The van der Waals surface area contributed by atoms with Gasteiger partial charge in [0.05, 0.1) is 11.6 Å². The van der Waals surface area contributed by atoms with E-state index in [4.69, 9.17) is 17.0 Å². The molecule has 22 heavy (non-hydrogen) atoms. The summed E-state index contributed by atoms with van der Waals surface area (Å²) in [5.41, 5.74) is -0.333. The lowest BCUT2D eigenvalue weighted by Crippen LogP contribution is -2.59. The van der Waals surface area contributed by atoms with Crippen LogP contribution in [0.15, 0.2) is 0 Å². The van der Waals surface area contributed by atoms with Crippen LogP contribution in [0.25, 0.3) is 0 Å². The zero-order valence-corrected chi connectivity index (χ0v) is 15.7. The molecule has 1 aliphatic heterocycles. The molecule has 2 saturated carbocycles. The average molecular weight is 390 g/mol. The third-order valence-electron chi connectivity index (χ3n) is 6.24. The number of halogens is 1. The summed E-state index contributed by atoms with van der Waals surface area (Å²) < 4.78 is 5.90. The van der Waals surface area contributed by atoms with Gasteiger partial charge in [-0.05, 0) is 49.2 Å². The number of amides is 1. The number of nitrogens with zero attached hydrogens (tertiary/aromatic N) is 1. The van der Waals surface area contributed by atoms with Crippen molar-refractivity contribution in [2.45, 2.75) is 75.4 Å². The van der Waals surface area contributed by atoms with E-state index in [1.807, 2.05) is 6.92 Å². The molecule has 5 atom stereocenters. The van der Waals surface area contributed by atoms with Crippen LogP contribution in [0.3, 0.4) is 0 Å². The number of ether oxygens (including phenoxy) is 1. The number of hydrogen-bond donors (Lipinski definition) is 1. The molecule has 1 amide bonds. The standard InChI is InChI=1S/C16H24BrNO3S/c1-4-5-10(19)12(17)13(20)18-14(22)21-11-8-9-6-7-16(11,18)15(9,2)3/h9-12,19H,4-8H2,1-3H3/t9?,10-,11?,12+,16?/m0/s1. The molecule has 3 fully saturated rings. The fourth-order valence-corrected chi connectivity index (χ4v) is 5.75. The van der Waals surface area contributed by atoms with Crippen molar-refractivity contribution in [3.05, 3.63) is 0 Å². The van der Waals surface area contributed by atoms with Crippen LogP contribution in [0.5, 0.6) is 0 Å². The first-order valence-electron chi connectivity index (χ1n) is 8.14. The first-order chi connectivity index (χ1) is 10.3. The summed E-state index contributed by atoms with van der Waals surface area (Å²) in [4.78, 5) is 14.1. The Morgan fingerprint density at radius 1 is 1.59 bits per heavy atom. The maximum absolute atomic E-state index is 13.0. The normalized spacial score (nSPS) is 37.9. The zero-order chi connectivity index (χ0) is 16.3. The Kier molecular flexibility index (Phi) is 4.10. The predicted octanol–water partition coefficient (Wildman–Crippen LogP) is 3.00. The van der Waals surface area contributed by atoms with Gasteiger partial charge in [-0.1, -0.05) is 43.1 Å². The second-order valence-corrected chi connectivity index (χ2v) is 8.76. The molecule has 3 rings (SSSR count). The van der Waals surface area contributed by atoms with Crippen molar-refractivity contribution in [1.29, 1.82) is 0 Å². The molecule has 4 nitrogen and oxygen atoms in total. The van der Waals surface area contributed by atoms with Gasteiger partial charge < -0.3 is 9.84 Å². The molecule has 0 aromatic carbocycles. The van der Waals surface area contributed by atoms with Gasteiger partial charge in [0.2, 0.25) is 5.91 Å². The topological polar surface area (TPSA) is 49.8 Å². The molecular weight excluding hydrogens is 366 g/mol. The van der Waals surface area contributed by atoms with Crippen molar-refractivity contribution >= 4 is 39.2 Å². The van der Waals surface area contributed by atoms with Crippen LogP contribution in [0.4, 0.5) is 0 Å². The highest BCUT2D eigenvalue weighted by Gasteiger charge is 2.73. The van der Waals surface area contributed by atoms with Gasteiger partial charge in [-0.2, -0.15) is 0 Å². The first-order valence-corrected chi connectivity index (χ1v) is 9.46. The van der Waals surface area contributed by atoms with E-state index in [0.717, 1.165) is 25.7 Å². The SMILES string of the molecule is CCC[C@H](O)[C@@H](Br)C(=O)N1C(=S)OC2CC3CCC21C3(C)C. The summed E-state index contributed by atoms with van der Waals surface area (Å²) in [6.07, 6.45) is 3.76. The highest BCUT2D eigenvalue weighted by Crippen LogP contribution is 2.66. The molecular formula is C16H24BrNO3S. The van der Waals surface area contributed by atoms with E-state index in [-0.39, 0.29) is 28.1 Å². The van der Waals surface area contributed by atoms with Gasteiger partial charge in [-0.15, -0.1) is 0 Å². The quantitative estimate of drug-likeness (QED) is 0.592. The second kappa shape index (κ2) is 5.42. The number of alkyl halides is 1. The largest absolute Gasteiger partial charge is 0.465 e. The fraction of sp³-hybridized carbons (Fsp3) is 0.875. The van der Waals surface area contributed by atoms with Gasteiger partial charge in [-0.3, -0.25) is 9.69 Å². The van der Waals surface area contributed by atoms with Gasteiger partial charge in [0.15, 0.2) is 0 Å². The lowest BCUT2D eigenvalue weighted by atomic mass is 9.74. The summed E-state index contributed by atoms with van der Waals surface area (Å²) in [5.74, 6) is 0.425. The molecule has 1 heterocycles. The summed E-state index contributed by atoms with van der Waals surface area (Å²) >= 11 is 8.77. The Morgan fingerprint density at radius 3 is 2.86 bits per heavy atom. The maximum atomic E-state index is 13.0. The smallest absolute Gasteiger partial charge is 0.267 e. The van der Waals surface area contributed by atoms with Crippen LogP contribution in [0.1, 0.15) is 52.9 Å². The number of hydrogen-bond acceptors (Lipinski definition) is 4. The van der Waals surface area contributed by atoms with E-state index in [1.54, 1.807) is 4.90 Å². The number of aliphatic hydroxyl groups is 1. The number of fused-ring (bicyclic) bond motifs is 1. The molecule has 6 heteroatoms. The van der Waals surface area contributed by atoms with E-state index in [2.05, 4.69) is 29.8 Å². The lowest BCUT2D eigenvalue weighted by Gasteiger charge is -2.43. The molecule has 1 saturated heterocycles. The van der Waals surface area contributed by atoms with Crippen LogP contribution >= 0.6 is 28.1 Å². The molecule has 1 spiro atoms. The molecule has 2 aliphatic carbocycles. The van der Waals surface area contributed by atoms with Crippen molar-refractivity contribution in [3.8, 4) is 0 Å². The lowest BCUT2D eigenvalue weighted by molar-refractivity contribution is -0.134. The number of thiocarbonyl (C=S) groups is 1. The van der Waals surface area contributed by atoms with Crippen molar-refractivity contribution < 1.29 is 14.6 Å². The monoisotopic (exact) mass is 389 g/mol. The minimum Gasteiger partial charge on any atom is -0.465 e. The predicted molar refractivity (Wildman–Crippen MR) is 91.8 cm³/mol. The number of aliphatic hydroxyl groups excluding tert-OH is 1. The minimum atomic E-state index is -0.697. The Hall–Kier alpha value is -0.200. The van der Waals surface area contributed by atoms with Gasteiger partial charge >= 0.3 is 0 Å². The van der Waals surface area contributed by atoms with Crippen LogP contribution in [0.2, 0.25) is 0 Å². The molecule has 124 valence electrons. The van der Waals surface area contributed by atoms with E-state index < -0.39 is 10.9 Å². The van der Waals surface area contributed by atoms with Crippen LogP contribution in [0, 0.1) is 11.3 Å². The van der Waals surface area contributed by atoms with Gasteiger partial charge in [-0.25, -0.2) is 0 Å². The first kappa shape index (κ1) is 16.7. The third-order valence-corrected chi connectivity index (χ3v) is 7.53. The zero-order valence-electron chi connectivity index (χ0n) is 13.3. The Bertz CT molecular complexity index is 512. The minimum absolute atomic E-state index is 0.00366. The molecule has 2 bridgehead atoms. The summed E-state index contributed by atoms with van der Waals surface area (Å²) in [7, 11) is 0. The highest BCUT2D eigenvalue weighted by molar-refractivity contribution is 9.10. The van der Waals surface area contributed by atoms with Crippen molar-refractivity contribution in [2.75, 3.05) is 0 Å². The molecule has 0 aromatic heterocycles. The van der Waals surface area contributed by atoms with Gasteiger partial charge in [0.1, 0.15) is 10.9 Å². The van der Waals surface area contributed by atoms with Crippen LogP contribution < -0.4 is 0 Å². The molecule has 0 radical (unpaired) electrons. The average Bonchev–Trinajstić information content (AvgIpc) is 2.97. The molecule has 1 N–H and O–H groups in total. The Morgan fingerprint density at radius 2 is 2.27 bits per heavy atom. The van der Waals surface area contributed by atoms with E-state index in [9.17, 15) is 9.90 Å². The van der Waals surface area contributed by atoms with E-state index in [0.29, 0.717) is 12.3 Å². The Labute approximate surface area is 145 Å². The third kappa shape index (κ3) is 1.96. The van der Waals surface area contributed by atoms with Gasteiger partial charge in [0.25, 0.3) is 5.17 Å². The van der Waals surface area contributed by atoms with Crippen molar-refractivity contribution in [1.82, 2.24) is 4.90 Å². The van der Waals surface area contributed by atoms with Crippen LogP contribution in [-0.4, -0.2) is 43.7 Å². The number of carbonyl (C=O) groups is 1. The number of carbonyl (C=O) groups excluding carboxylic acids is 1. The fourth-order valence-electron chi connectivity index (χ4n) is 4.92. The molecule has 3 unspecified atom stereocenters. The molecule has 3 aliphatic rings. The second-order valence-electron chi connectivity index (χ2n) is 7.42. The Balaban J connectivity index is 1.92. The van der Waals surface area contributed by atoms with Crippen molar-refractivity contribution in [3.63, 3.8) is 0 Å². The highest BCUT2D eigenvalue weighted by atomic mass is 79.9. The van der Waals surface area contributed by atoms with E-state index in [1.165, 1.54) is 0 Å².